The maximum Gasteiger partial charge on any atom is 0.312 e. The van der Waals surface area contributed by atoms with Crippen molar-refractivity contribution in [3.63, 3.8) is 0 Å². The molecular formula is C19H22Cl2N2O3. The van der Waals surface area contributed by atoms with E-state index in [1.54, 1.807) is 12.1 Å². The summed E-state index contributed by atoms with van der Waals surface area (Å²) in [6.45, 7) is 2.58. The summed E-state index contributed by atoms with van der Waals surface area (Å²) in [6, 6.07) is 7.41. The maximum absolute atomic E-state index is 12.8. The number of hydrogen-bond acceptors (Lipinski definition) is 5. The van der Waals surface area contributed by atoms with E-state index >= 15 is 0 Å². The zero-order valence-corrected chi connectivity index (χ0v) is 16.0. The second kappa shape index (κ2) is 9.05. The third-order valence-electron chi connectivity index (χ3n) is 5.01. The molecule has 1 aromatic rings. The Morgan fingerprint density at radius 1 is 1.31 bits per heavy atom. The van der Waals surface area contributed by atoms with E-state index in [1.807, 2.05) is 6.07 Å². The van der Waals surface area contributed by atoms with Gasteiger partial charge in [-0.3, -0.25) is 9.69 Å². The highest BCUT2D eigenvalue weighted by molar-refractivity contribution is 6.35. The molecule has 0 bridgehead atoms. The van der Waals surface area contributed by atoms with Crippen molar-refractivity contribution in [2.24, 2.45) is 5.92 Å². The van der Waals surface area contributed by atoms with E-state index in [9.17, 15) is 4.79 Å². The molecule has 1 aromatic carbocycles. The molecule has 2 aliphatic rings. The molecule has 0 radical (unpaired) electrons. The highest BCUT2D eigenvalue weighted by atomic mass is 35.5. The molecule has 26 heavy (non-hydrogen) atoms. The van der Waals surface area contributed by atoms with Gasteiger partial charge in [-0.15, -0.1) is 0 Å². The first-order chi connectivity index (χ1) is 12.6. The van der Waals surface area contributed by atoms with Crippen molar-refractivity contribution in [2.45, 2.75) is 37.9 Å². The Kier molecular flexibility index (Phi) is 6.77. The zero-order chi connectivity index (χ0) is 18.5. The molecule has 0 aromatic heterocycles. The van der Waals surface area contributed by atoms with Crippen LogP contribution in [0.2, 0.25) is 10.0 Å². The van der Waals surface area contributed by atoms with Gasteiger partial charge >= 0.3 is 5.97 Å². The van der Waals surface area contributed by atoms with Gasteiger partial charge in [0, 0.05) is 35.3 Å². The molecule has 3 rings (SSSR count). The largest absolute Gasteiger partial charge is 0.462 e. The standard InChI is InChI=1S/C19H22Cl2N2O3/c20-13-3-4-15(17(21)12-13)18-16(2-1-11-25-18)19(24)26-14-5-8-23(9-6-14)10-7-22/h3-4,12,14,16,18H,1-2,5-6,8-11H2/t16-,18+/m0/s1. The van der Waals surface area contributed by atoms with Gasteiger partial charge in [-0.05, 0) is 37.8 Å². The first-order valence-electron chi connectivity index (χ1n) is 8.95. The van der Waals surface area contributed by atoms with Gasteiger partial charge in [0.05, 0.1) is 24.6 Å². The lowest BCUT2D eigenvalue weighted by atomic mass is 9.89. The van der Waals surface area contributed by atoms with Crippen LogP contribution in [0.5, 0.6) is 0 Å². The summed E-state index contributed by atoms with van der Waals surface area (Å²) in [5.41, 5.74) is 0.779. The Morgan fingerprint density at radius 2 is 2.08 bits per heavy atom. The predicted molar refractivity (Wildman–Crippen MR) is 99.0 cm³/mol. The minimum absolute atomic E-state index is 0.0966. The van der Waals surface area contributed by atoms with Crippen LogP contribution in [0.3, 0.4) is 0 Å². The first kappa shape index (κ1) is 19.4. The monoisotopic (exact) mass is 396 g/mol. The van der Waals surface area contributed by atoms with E-state index in [-0.39, 0.29) is 18.0 Å². The van der Waals surface area contributed by atoms with Crippen LogP contribution in [0.15, 0.2) is 18.2 Å². The summed E-state index contributed by atoms with van der Waals surface area (Å²) in [5, 5.41) is 9.83. The predicted octanol–water partition coefficient (Wildman–Crippen LogP) is 3.99. The molecule has 7 heteroatoms. The molecule has 5 nitrogen and oxygen atoms in total. The summed E-state index contributed by atoms with van der Waals surface area (Å²) in [4.78, 5) is 14.9. The van der Waals surface area contributed by atoms with E-state index in [4.69, 9.17) is 37.9 Å². The maximum atomic E-state index is 12.8. The number of likely N-dealkylation sites (tertiary alicyclic amines) is 1. The van der Waals surface area contributed by atoms with Gasteiger partial charge in [0.1, 0.15) is 6.10 Å². The number of halogens is 2. The molecule has 0 saturated carbocycles. The summed E-state index contributed by atoms with van der Waals surface area (Å²) in [7, 11) is 0. The van der Waals surface area contributed by atoms with Gasteiger partial charge < -0.3 is 9.47 Å². The number of ether oxygens (including phenoxy) is 2. The molecule has 0 aliphatic carbocycles. The molecular weight excluding hydrogens is 375 g/mol. The van der Waals surface area contributed by atoms with Crippen LogP contribution in [-0.4, -0.2) is 43.2 Å². The number of benzene rings is 1. The molecule has 0 N–H and O–H groups in total. The van der Waals surface area contributed by atoms with Crippen LogP contribution in [-0.2, 0) is 14.3 Å². The molecule has 0 amide bonds. The molecule has 2 aliphatic heterocycles. The number of rotatable bonds is 4. The Bertz CT molecular complexity index is 684. The highest BCUT2D eigenvalue weighted by Gasteiger charge is 2.37. The number of esters is 1. The summed E-state index contributed by atoms with van der Waals surface area (Å²) < 4.78 is 11.7. The van der Waals surface area contributed by atoms with Crippen LogP contribution < -0.4 is 0 Å². The van der Waals surface area contributed by atoms with E-state index in [1.165, 1.54) is 0 Å². The average Bonchev–Trinajstić information content (AvgIpc) is 2.64. The van der Waals surface area contributed by atoms with Crippen LogP contribution in [0.4, 0.5) is 0 Å². The molecule has 140 valence electrons. The Morgan fingerprint density at radius 3 is 2.77 bits per heavy atom. The van der Waals surface area contributed by atoms with Gasteiger partial charge in [0.15, 0.2) is 0 Å². The topological polar surface area (TPSA) is 62.6 Å². The van der Waals surface area contributed by atoms with Crippen LogP contribution in [0, 0.1) is 17.2 Å². The number of carbonyl (C=O) groups is 1. The first-order valence-corrected chi connectivity index (χ1v) is 9.70. The second-order valence-corrected chi connectivity index (χ2v) is 7.62. The van der Waals surface area contributed by atoms with Gasteiger partial charge in [0.25, 0.3) is 0 Å². The van der Waals surface area contributed by atoms with Crippen molar-refractivity contribution in [1.82, 2.24) is 4.90 Å². The van der Waals surface area contributed by atoms with Crippen molar-refractivity contribution in [2.75, 3.05) is 26.2 Å². The number of hydrogen-bond donors (Lipinski definition) is 0. The number of piperidine rings is 1. The normalized spacial score (nSPS) is 24.8. The van der Waals surface area contributed by atoms with Crippen molar-refractivity contribution in [3.05, 3.63) is 33.8 Å². The van der Waals surface area contributed by atoms with Crippen molar-refractivity contribution >= 4 is 29.2 Å². The minimum Gasteiger partial charge on any atom is -0.462 e. The second-order valence-electron chi connectivity index (χ2n) is 6.78. The van der Waals surface area contributed by atoms with Crippen LogP contribution >= 0.6 is 23.2 Å². The van der Waals surface area contributed by atoms with E-state index in [2.05, 4.69) is 11.0 Å². The fraction of sp³-hybridized carbons (Fsp3) is 0.579. The third-order valence-corrected chi connectivity index (χ3v) is 5.57. The van der Waals surface area contributed by atoms with E-state index in [0.29, 0.717) is 23.2 Å². The quantitative estimate of drug-likeness (QED) is 0.568. The van der Waals surface area contributed by atoms with Crippen molar-refractivity contribution in [1.29, 1.82) is 5.26 Å². The van der Waals surface area contributed by atoms with Gasteiger partial charge in [-0.2, -0.15) is 5.26 Å². The van der Waals surface area contributed by atoms with E-state index in [0.717, 1.165) is 44.3 Å². The van der Waals surface area contributed by atoms with Gasteiger partial charge in [-0.1, -0.05) is 29.3 Å². The summed E-state index contributed by atoms with van der Waals surface area (Å²) in [5.74, 6) is -0.584. The number of nitriles is 1. The van der Waals surface area contributed by atoms with Gasteiger partial charge in [-0.25, -0.2) is 0 Å². The molecule has 2 heterocycles. The number of nitrogens with zero attached hydrogens (tertiary/aromatic N) is 2. The molecule has 0 spiro atoms. The lowest BCUT2D eigenvalue weighted by Crippen LogP contribution is -2.40. The smallest absolute Gasteiger partial charge is 0.312 e. The highest BCUT2D eigenvalue weighted by Crippen LogP contribution is 2.39. The lowest BCUT2D eigenvalue weighted by Gasteiger charge is -2.34. The fourth-order valence-electron chi connectivity index (χ4n) is 3.60. The minimum atomic E-state index is -0.403. The average molecular weight is 397 g/mol. The molecule has 0 unspecified atom stereocenters. The Hall–Kier alpha value is -1.32. The van der Waals surface area contributed by atoms with Crippen LogP contribution in [0.25, 0.3) is 0 Å². The molecule has 2 saturated heterocycles. The van der Waals surface area contributed by atoms with Crippen molar-refractivity contribution in [3.8, 4) is 6.07 Å². The SMILES string of the molecule is N#CCN1CCC(OC(=O)[C@H]2CCCO[C@@H]2c2ccc(Cl)cc2Cl)CC1. The summed E-state index contributed by atoms with van der Waals surface area (Å²) in [6.07, 6.45) is 2.55. The summed E-state index contributed by atoms with van der Waals surface area (Å²) >= 11 is 12.3. The molecule has 2 atom stereocenters. The van der Waals surface area contributed by atoms with Gasteiger partial charge in [0.2, 0.25) is 0 Å². The molecule has 2 fully saturated rings. The lowest BCUT2D eigenvalue weighted by molar-refractivity contribution is -0.166. The Labute approximate surface area is 163 Å². The zero-order valence-electron chi connectivity index (χ0n) is 14.5. The third kappa shape index (κ3) is 4.69. The Balaban J connectivity index is 1.64. The number of carbonyl (C=O) groups excluding carboxylic acids is 1. The van der Waals surface area contributed by atoms with E-state index < -0.39 is 6.10 Å². The van der Waals surface area contributed by atoms with Crippen LogP contribution in [0.1, 0.15) is 37.4 Å². The fourth-order valence-corrected chi connectivity index (χ4v) is 4.11. The van der Waals surface area contributed by atoms with Crippen molar-refractivity contribution < 1.29 is 14.3 Å².